The summed E-state index contributed by atoms with van der Waals surface area (Å²) in [6, 6.07) is 7.79. The Balaban J connectivity index is 1.90. The molecule has 1 fully saturated rings. The molecule has 0 spiro atoms. The SMILES string of the molecule is CCN(CC(=O)Nc1ccc(N2CCOCC2)cc1)C(=O)C(C)SC. The Morgan fingerprint density at radius 1 is 1.28 bits per heavy atom. The second-order valence-corrected chi connectivity index (χ2v) is 7.10. The van der Waals surface area contributed by atoms with Crippen LogP contribution >= 0.6 is 11.8 Å². The highest BCUT2D eigenvalue weighted by atomic mass is 32.2. The molecule has 0 aromatic heterocycles. The van der Waals surface area contributed by atoms with Crippen molar-refractivity contribution >= 4 is 35.0 Å². The third kappa shape index (κ3) is 5.64. The van der Waals surface area contributed by atoms with Gasteiger partial charge >= 0.3 is 0 Å². The summed E-state index contributed by atoms with van der Waals surface area (Å²) in [5.74, 6) is -0.185. The molecule has 2 amide bonds. The Labute approximate surface area is 153 Å². The fraction of sp³-hybridized carbons (Fsp3) is 0.556. The molecule has 2 rings (SSSR count). The van der Waals surface area contributed by atoms with Crippen LogP contribution in [-0.2, 0) is 14.3 Å². The van der Waals surface area contributed by atoms with Crippen molar-refractivity contribution in [2.75, 3.05) is 55.9 Å². The second kappa shape index (κ2) is 9.68. The molecular weight excluding hydrogens is 338 g/mol. The molecule has 6 nitrogen and oxygen atoms in total. The normalized spacial score (nSPS) is 15.6. The average Bonchev–Trinajstić information content (AvgIpc) is 2.66. The van der Waals surface area contributed by atoms with Crippen molar-refractivity contribution in [2.45, 2.75) is 19.1 Å². The number of carbonyl (C=O) groups is 2. The van der Waals surface area contributed by atoms with Gasteiger partial charge in [0.1, 0.15) is 0 Å². The topological polar surface area (TPSA) is 61.9 Å². The van der Waals surface area contributed by atoms with Crippen LogP contribution in [0.25, 0.3) is 0 Å². The molecule has 1 atom stereocenters. The maximum absolute atomic E-state index is 12.2. The Bertz CT molecular complexity index is 573. The van der Waals surface area contributed by atoms with E-state index in [9.17, 15) is 9.59 Å². The first-order valence-electron chi connectivity index (χ1n) is 8.59. The van der Waals surface area contributed by atoms with Gasteiger partial charge in [0.2, 0.25) is 11.8 Å². The summed E-state index contributed by atoms with van der Waals surface area (Å²) in [4.78, 5) is 28.3. The molecule has 0 radical (unpaired) electrons. The van der Waals surface area contributed by atoms with Crippen LogP contribution in [0.5, 0.6) is 0 Å². The Morgan fingerprint density at radius 2 is 1.92 bits per heavy atom. The maximum atomic E-state index is 12.2. The van der Waals surface area contributed by atoms with E-state index in [0.29, 0.717) is 6.54 Å². The first-order chi connectivity index (χ1) is 12.0. The van der Waals surface area contributed by atoms with Crippen molar-refractivity contribution in [1.29, 1.82) is 0 Å². The molecule has 1 heterocycles. The first kappa shape index (κ1) is 19.6. The van der Waals surface area contributed by atoms with Crippen LogP contribution in [-0.4, -0.2) is 67.6 Å². The molecule has 1 N–H and O–H groups in total. The van der Waals surface area contributed by atoms with Gasteiger partial charge in [-0.2, -0.15) is 11.8 Å². The van der Waals surface area contributed by atoms with Crippen LogP contribution in [0.1, 0.15) is 13.8 Å². The predicted octanol–water partition coefficient (Wildman–Crippen LogP) is 2.06. The molecule has 1 saturated heterocycles. The summed E-state index contributed by atoms with van der Waals surface area (Å²) in [7, 11) is 0. The third-order valence-corrected chi connectivity index (χ3v) is 5.17. The van der Waals surface area contributed by atoms with Crippen molar-refractivity contribution in [3.8, 4) is 0 Å². The largest absolute Gasteiger partial charge is 0.378 e. The van der Waals surface area contributed by atoms with Gasteiger partial charge in [-0.05, 0) is 44.4 Å². The van der Waals surface area contributed by atoms with Gasteiger partial charge in [0, 0.05) is 31.0 Å². The number of rotatable bonds is 7. The van der Waals surface area contributed by atoms with E-state index in [1.165, 1.54) is 11.8 Å². The van der Waals surface area contributed by atoms with Gasteiger partial charge in [-0.15, -0.1) is 0 Å². The van der Waals surface area contributed by atoms with Gasteiger partial charge in [-0.25, -0.2) is 0 Å². The number of benzene rings is 1. The smallest absolute Gasteiger partial charge is 0.243 e. The predicted molar refractivity (Wildman–Crippen MR) is 103 cm³/mol. The highest BCUT2D eigenvalue weighted by Gasteiger charge is 2.20. The lowest BCUT2D eigenvalue weighted by molar-refractivity contribution is -0.133. The molecule has 7 heteroatoms. The lowest BCUT2D eigenvalue weighted by Gasteiger charge is -2.29. The van der Waals surface area contributed by atoms with E-state index in [2.05, 4.69) is 10.2 Å². The van der Waals surface area contributed by atoms with E-state index in [-0.39, 0.29) is 23.6 Å². The molecule has 138 valence electrons. The number of ether oxygens (including phenoxy) is 1. The number of hydrogen-bond donors (Lipinski definition) is 1. The summed E-state index contributed by atoms with van der Waals surface area (Å²) in [6.07, 6.45) is 1.90. The van der Waals surface area contributed by atoms with Gasteiger partial charge in [-0.3, -0.25) is 9.59 Å². The zero-order valence-electron chi connectivity index (χ0n) is 15.2. The number of anilines is 2. The number of nitrogens with zero attached hydrogens (tertiary/aromatic N) is 2. The number of thioether (sulfide) groups is 1. The zero-order valence-corrected chi connectivity index (χ0v) is 16.0. The molecule has 1 aromatic rings. The van der Waals surface area contributed by atoms with Crippen LogP contribution in [0, 0.1) is 0 Å². The number of hydrogen-bond acceptors (Lipinski definition) is 5. The fourth-order valence-electron chi connectivity index (χ4n) is 2.65. The summed E-state index contributed by atoms with van der Waals surface area (Å²) in [5.41, 5.74) is 1.86. The summed E-state index contributed by atoms with van der Waals surface area (Å²) in [5, 5.41) is 2.73. The third-order valence-electron chi connectivity index (χ3n) is 4.26. The minimum atomic E-state index is -0.178. The lowest BCUT2D eigenvalue weighted by Crippen LogP contribution is -2.41. The quantitative estimate of drug-likeness (QED) is 0.801. The number of nitrogens with one attached hydrogen (secondary N) is 1. The number of amides is 2. The molecular formula is C18H27N3O3S. The van der Waals surface area contributed by atoms with Gasteiger partial charge in [0.05, 0.1) is 25.0 Å². The number of morpholine rings is 1. The van der Waals surface area contributed by atoms with Gasteiger partial charge in [-0.1, -0.05) is 0 Å². The molecule has 1 aliphatic heterocycles. The van der Waals surface area contributed by atoms with E-state index in [4.69, 9.17) is 4.74 Å². The van der Waals surface area contributed by atoms with Crippen molar-refractivity contribution in [1.82, 2.24) is 4.90 Å². The second-order valence-electron chi connectivity index (χ2n) is 5.92. The Morgan fingerprint density at radius 3 is 2.48 bits per heavy atom. The lowest BCUT2D eigenvalue weighted by atomic mass is 10.2. The van der Waals surface area contributed by atoms with E-state index in [1.807, 2.05) is 44.4 Å². The van der Waals surface area contributed by atoms with E-state index in [1.54, 1.807) is 4.90 Å². The van der Waals surface area contributed by atoms with E-state index < -0.39 is 0 Å². The van der Waals surface area contributed by atoms with E-state index in [0.717, 1.165) is 37.7 Å². The van der Waals surface area contributed by atoms with Gasteiger partial charge in [0.25, 0.3) is 0 Å². The van der Waals surface area contributed by atoms with Crippen molar-refractivity contribution in [3.05, 3.63) is 24.3 Å². The maximum Gasteiger partial charge on any atom is 0.243 e. The fourth-order valence-corrected chi connectivity index (χ4v) is 3.01. The van der Waals surface area contributed by atoms with Crippen molar-refractivity contribution in [2.24, 2.45) is 0 Å². The summed E-state index contributed by atoms with van der Waals surface area (Å²) >= 11 is 1.49. The Hall–Kier alpha value is -1.73. The van der Waals surface area contributed by atoms with Gasteiger partial charge < -0.3 is 19.9 Å². The summed E-state index contributed by atoms with van der Waals surface area (Å²) < 4.78 is 5.36. The molecule has 25 heavy (non-hydrogen) atoms. The minimum Gasteiger partial charge on any atom is -0.378 e. The molecule has 0 aliphatic carbocycles. The van der Waals surface area contributed by atoms with Crippen molar-refractivity contribution in [3.63, 3.8) is 0 Å². The van der Waals surface area contributed by atoms with Crippen LogP contribution < -0.4 is 10.2 Å². The first-order valence-corrected chi connectivity index (χ1v) is 9.88. The van der Waals surface area contributed by atoms with Crippen LogP contribution in [0.2, 0.25) is 0 Å². The Kier molecular flexibility index (Phi) is 7.58. The number of likely N-dealkylation sites (N-methyl/N-ethyl adjacent to an activating group) is 1. The minimum absolute atomic E-state index is 0.00665. The van der Waals surface area contributed by atoms with Crippen LogP contribution in [0.15, 0.2) is 24.3 Å². The monoisotopic (exact) mass is 365 g/mol. The standard InChI is InChI=1S/C18H27N3O3S/c1-4-20(18(23)14(2)25-3)13-17(22)19-15-5-7-16(8-6-15)21-9-11-24-12-10-21/h5-8,14H,4,9-13H2,1-3H3,(H,19,22). The molecule has 1 aromatic carbocycles. The summed E-state index contributed by atoms with van der Waals surface area (Å²) in [6.45, 7) is 7.59. The molecule has 1 unspecified atom stereocenters. The van der Waals surface area contributed by atoms with E-state index >= 15 is 0 Å². The van der Waals surface area contributed by atoms with Crippen LogP contribution in [0.3, 0.4) is 0 Å². The molecule has 0 bridgehead atoms. The number of carbonyl (C=O) groups excluding carboxylic acids is 2. The highest BCUT2D eigenvalue weighted by molar-refractivity contribution is 7.99. The zero-order chi connectivity index (χ0) is 18.2. The molecule has 0 saturated carbocycles. The highest BCUT2D eigenvalue weighted by Crippen LogP contribution is 2.19. The van der Waals surface area contributed by atoms with Crippen LogP contribution in [0.4, 0.5) is 11.4 Å². The van der Waals surface area contributed by atoms with Gasteiger partial charge in [0.15, 0.2) is 0 Å². The molecule has 1 aliphatic rings. The van der Waals surface area contributed by atoms with Crippen molar-refractivity contribution < 1.29 is 14.3 Å². The average molecular weight is 365 g/mol.